The maximum atomic E-state index is 11.4. The topological polar surface area (TPSA) is 98.2 Å². The molecule has 14 heavy (non-hydrogen) atoms. The highest BCUT2D eigenvalue weighted by atomic mass is 35.5. The molecule has 0 spiro atoms. The van der Waals surface area contributed by atoms with Crippen LogP contribution in [0.25, 0.3) is 5.65 Å². The number of anilines is 1. The monoisotopic (exact) mass is 217 g/mol. The Balaban J connectivity index is 0.000000980. The molecule has 0 saturated carbocycles. The summed E-state index contributed by atoms with van der Waals surface area (Å²) in [5.41, 5.74) is 4.69. The fourth-order valence-electron chi connectivity index (χ4n) is 1.12. The molecule has 2 rings (SSSR count). The van der Waals surface area contributed by atoms with Crippen molar-refractivity contribution in [3.05, 3.63) is 27.2 Å². The number of nitrogens with zero attached hydrogens (tertiary/aromatic N) is 3. The van der Waals surface area contributed by atoms with Gasteiger partial charge in [-0.3, -0.25) is 14.5 Å². The van der Waals surface area contributed by atoms with E-state index in [0.29, 0.717) is 0 Å². The highest BCUT2D eigenvalue weighted by molar-refractivity contribution is 5.85. The van der Waals surface area contributed by atoms with Crippen molar-refractivity contribution in [3.63, 3.8) is 0 Å². The Bertz CT molecular complexity index is 580. The van der Waals surface area contributed by atoms with Crippen LogP contribution in [0, 0.1) is 0 Å². The third-order valence-corrected chi connectivity index (χ3v) is 1.87. The van der Waals surface area contributed by atoms with Crippen LogP contribution in [0.3, 0.4) is 0 Å². The molecule has 0 bridgehead atoms. The molecule has 2 aromatic heterocycles. The van der Waals surface area contributed by atoms with E-state index in [0.717, 1.165) is 4.57 Å². The number of aromatic nitrogens is 4. The van der Waals surface area contributed by atoms with Gasteiger partial charge in [0.15, 0.2) is 5.65 Å². The van der Waals surface area contributed by atoms with E-state index in [9.17, 15) is 9.59 Å². The molecule has 0 amide bonds. The molecule has 0 aliphatic rings. The zero-order valence-electron chi connectivity index (χ0n) is 7.22. The van der Waals surface area contributed by atoms with E-state index in [2.05, 4.69) is 10.2 Å². The van der Waals surface area contributed by atoms with Crippen molar-refractivity contribution in [3.8, 4) is 0 Å². The maximum Gasteiger partial charge on any atom is 0.337 e. The SMILES string of the molecule is Cl.Cn1c(=O)c(N)c2[nH]ncn2c1=O. The van der Waals surface area contributed by atoms with E-state index < -0.39 is 11.2 Å². The van der Waals surface area contributed by atoms with Crippen LogP contribution in [0.2, 0.25) is 0 Å². The minimum Gasteiger partial charge on any atom is -0.391 e. The van der Waals surface area contributed by atoms with Gasteiger partial charge in [0.2, 0.25) is 0 Å². The third kappa shape index (κ3) is 1.10. The van der Waals surface area contributed by atoms with E-state index in [4.69, 9.17) is 5.73 Å². The van der Waals surface area contributed by atoms with Crippen LogP contribution in [-0.4, -0.2) is 19.2 Å². The maximum absolute atomic E-state index is 11.4. The summed E-state index contributed by atoms with van der Waals surface area (Å²) < 4.78 is 2.11. The average molecular weight is 218 g/mol. The van der Waals surface area contributed by atoms with E-state index in [-0.39, 0.29) is 23.7 Å². The number of nitrogens with two attached hydrogens (primary N) is 1. The Kier molecular flexibility index (Phi) is 2.35. The zero-order chi connectivity index (χ0) is 9.59. The van der Waals surface area contributed by atoms with Gasteiger partial charge < -0.3 is 5.73 Å². The van der Waals surface area contributed by atoms with Crippen LogP contribution in [0.1, 0.15) is 0 Å². The highest BCUT2D eigenvalue weighted by Gasteiger charge is 2.09. The van der Waals surface area contributed by atoms with E-state index in [1.165, 1.54) is 17.8 Å². The number of hydrogen-bond acceptors (Lipinski definition) is 4. The molecule has 0 aliphatic carbocycles. The van der Waals surface area contributed by atoms with Crippen LogP contribution in [0.4, 0.5) is 5.69 Å². The average Bonchev–Trinajstić information content (AvgIpc) is 2.59. The van der Waals surface area contributed by atoms with Crippen molar-refractivity contribution in [2.45, 2.75) is 0 Å². The molecule has 76 valence electrons. The molecule has 0 saturated heterocycles. The molecule has 0 unspecified atom stereocenters. The lowest BCUT2D eigenvalue weighted by molar-refractivity contribution is 0.761. The molecule has 8 heteroatoms. The summed E-state index contributed by atoms with van der Waals surface area (Å²) >= 11 is 0. The number of rotatable bonds is 0. The molecule has 2 heterocycles. The Morgan fingerprint density at radius 2 is 2.14 bits per heavy atom. The number of fused-ring (bicyclic) bond motifs is 1. The molecule has 0 radical (unpaired) electrons. The molecule has 7 nitrogen and oxygen atoms in total. The summed E-state index contributed by atoms with van der Waals surface area (Å²) in [6.07, 6.45) is 1.27. The smallest absolute Gasteiger partial charge is 0.337 e. The van der Waals surface area contributed by atoms with E-state index >= 15 is 0 Å². The summed E-state index contributed by atoms with van der Waals surface area (Å²) in [7, 11) is 1.36. The van der Waals surface area contributed by atoms with Crippen LogP contribution in [0.15, 0.2) is 15.9 Å². The van der Waals surface area contributed by atoms with Crippen molar-refractivity contribution in [2.24, 2.45) is 7.05 Å². The van der Waals surface area contributed by atoms with Gasteiger partial charge in [-0.1, -0.05) is 0 Å². The first-order chi connectivity index (χ1) is 6.13. The molecular weight excluding hydrogens is 210 g/mol. The van der Waals surface area contributed by atoms with Gasteiger partial charge in [0.25, 0.3) is 5.56 Å². The molecule has 3 N–H and O–H groups in total. The molecule has 0 fully saturated rings. The summed E-state index contributed by atoms with van der Waals surface area (Å²) in [5, 5.41) is 6.08. The molecule has 0 atom stereocenters. The molecule has 0 aliphatic heterocycles. The minimum atomic E-state index is -0.519. The van der Waals surface area contributed by atoms with Crippen molar-refractivity contribution >= 4 is 23.7 Å². The normalized spacial score (nSPS) is 10.1. The Hall–Kier alpha value is -1.76. The lowest BCUT2D eigenvalue weighted by atomic mass is 10.5. The summed E-state index contributed by atoms with van der Waals surface area (Å²) in [4.78, 5) is 22.7. The second-order valence-electron chi connectivity index (χ2n) is 2.64. The summed E-state index contributed by atoms with van der Waals surface area (Å²) in [6.45, 7) is 0. The van der Waals surface area contributed by atoms with Crippen LogP contribution in [0.5, 0.6) is 0 Å². The third-order valence-electron chi connectivity index (χ3n) is 1.87. The second kappa shape index (κ2) is 3.18. The highest BCUT2D eigenvalue weighted by Crippen LogP contribution is 1.98. The number of nitrogens with one attached hydrogen (secondary N) is 1. The van der Waals surface area contributed by atoms with Crippen molar-refractivity contribution in [1.82, 2.24) is 19.2 Å². The van der Waals surface area contributed by atoms with Gasteiger partial charge in [-0.15, -0.1) is 12.4 Å². The molecule has 0 aromatic carbocycles. The number of hydrogen-bond donors (Lipinski definition) is 2. The Morgan fingerprint density at radius 3 is 2.79 bits per heavy atom. The first-order valence-electron chi connectivity index (χ1n) is 3.53. The zero-order valence-corrected chi connectivity index (χ0v) is 8.04. The minimum absolute atomic E-state index is 0. The Morgan fingerprint density at radius 1 is 1.50 bits per heavy atom. The standard InChI is InChI=1S/C6H7N5O2.ClH/c1-10-5(12)3(7)4-9-8-2-11(4)6(10)13;/h2,9H,7H2,1H3;1H. The molecular formula is C6H8ClN5O2. The van der Waals surface area contributed by atoms with Crippen molar-refractivity contribution in [1.29, 1.82) is 0 Å². The van der Waals surface area contributed by atoms with Crippen LogP contribution >= 0.6 is 12.4 Å². The van der Waals surface area contributed by atoms with Gasteiger partial charge in [-0.2, -0.15) is 5.10 Å². The summed E-state index contributed by atoms with van der Waals surface area (Å²) in [5.74, 6) is 0. The van der Waals surface area contributed by atoms with Gasteiger partial charge in [0, 0.05) is 7.05 Å². The van der Waals surface area contributed by atoms with E-state index in [1.54, 1.807) is 0 Å². The van der Waals surface area contributed by atoms with Gasteiger partial charge in [-0.05, 0) is 0 Å². The Labute approximate surface area is 83.6 Å². The second-order valence-corrected chi connectivity index (χ2v) is 2.64. The number of halogens is 1. The number of aromatic amines is 1. The van der Waals surface area contributed by atoms with E-state index in [1.807, 2.05) is 0 Å². The van der Waals surface area contributed by atoms with Gasteiger partial charge in [-0.25, -0.2) is 9.20 Å². The van der Waals surface area contributed by atoms with Crippen LogP contribution < -0.4 is 17.0 Å². The number of H-pyrrole nitrogens is 1. The first kappa shape index (κ1) is 10.3. The quantitative estimate of drug-likeness (QED) is 0.575. The summed E-state index contributed by atoms with van der Waals surface area (Å²) in [6, 6.07) is 0. The largest absolute Gasteiger partial charge is 0.391 e. The van der Waals surface area contributed by atoms with Gasteiger partial charge in [0.05, 0.1) is 0 Å². The first-order valence-corrected chi connectivity index (χ1v) is 3.53. The van der Waals surface area contributed by atoms with Gasteiger partial charge in [0.1, 0.15) is 12.0 Å². The lowest BCUT2D eigenvalue weighted by Gasteiger charge is -1.99. The van der Waals surface area contributed by atoms with Crippen molar-refractivity contribution in [2.75, 3.05) is 5.73 Å². The van der Waals surface area contributed by atoms with Crippen LogP contribution in [-0.2, 0) is 7.05 Å². The molecule has 2 aromatic rings. The predicted octanol–water partition coefficient (Wildman–Crippen LogP) is -1.27. The lowest BCUT2D eigenvalue weighted by Crippen LogP contribution is -2.36. The fourth-order valence-corrected chi connectivity index (χ4v) is 1.12. The van der Waals surface area contributed by atoms with Gasteiger partial charge >= 0.3 is 5.69 Å². The fraction of sp³-hybridized carbons (Fsp3) is 0.167. The predicted molar refractivity (Wildman–Crippen MR) is 52.7 cm³/mol. The number of nitrogen functional groups attached to an aromatic ring is 1. The van der Waals surface area contributed by atoms with Crippen molar-refractivity contribution < 1.29 is 0 Å².